The van der Waals surface area contributed by atoms with Crippen molar-refractivity contribution in [2.24, 2.45) is 0 Å². The molecule has 2 fully saturated rings. The lowest BCUT2D eigenvalue weighted by molar-refractivity contribution is -0.137. The first kappa shape index (κ1) is 15.9. The van der Waals surface area contributed by atoms with Crippen LogP contribution in [-0.2, 0) is 4.79 Å². The Balaban J connectivity index is 1.83. The fourth-order valence-electron chi connectivity index (χ4n) is 3.51. The van der Waals surface area contributed by atoms with E-state index in [1.54, 1.807) is 12.1 Å². The molecule has 0 spiro atoms. The first-order valence-corrected chi connectivity index (χ1v) is 8.06. The summed E-state index contributed by atoms with van der Waals surface area (Å²) < 4.78 is 0. The molecule has 2 saturated heterocycles. The first-order chi connectivity index (χ1) is 10.5. The predicted octanol–water partition coefficient (Wildman–Crippen LogP) is 1.69. The average Bonchev–Trinajstić information content (AvgIpc) is 2.88. The molecule has 0 aromatic heterocycles. The largest absolute Gasteiger partial charge is 0.508 e. The summed E-state index contributed by atoms with van der Waals surface area (Å²) in [6, 6.07) is 3.20. The maximum absolute atomic E-state index is 12.3. The highest BCUT2D eigenvalue weighted by Crippen LogP contribution is 2.43. The highest BCUT2D eigenvalue weighted by Gasteiger charge is 2.41. The number of halogens is 2. The van der Waals surface area contributed by atoms with E-state index in [2.05, 4.69) is 0 Å². The molecular formula is C15H18Cl2N2O3. The number of nitrogens with zero attached hydrogens (tertiary/aromatic N) is 2. The van der Waals surface area contributed by atoms with Crippen molar-refractivity contribution in [1.29, 1.82) is 0 Å². The maximum atomic E-state index is 12.3. The summed E-state index contributed by atoms with van der Waals surface area (Å²) in [5.74, 6) is 0.165. The predicted molar refractivity (Wildman–Crippen MR) is 84.5 cm³/mol. The van der Waals surface area contributed by atoms with Crippen molar-refractivity contribution in [2.75, 3.05) is 32.8 Å². The minimum Gasteiger partial charge on any atom is -0.508 e. The van der Waals surface area contributed by atoms with Crippen molar-refractivity contribution in [1.82, 2.24) is 9.80 Å². The van der Waals surface area contributed by atoms with Gasteiger partial charge in [0.1, 0.15) is 5.75 Å². The van der Waals surface area contributed by atoms with Gasteiger partial charge in [0.2, 0.25) is 5.91 Å². The number of carbonyl (C=O) groups excluding carboxylic acids is 1. The van der Waals surface area contributed by atoms with Crippen molar-refractivity contribution in [3.63, 3.8) is 0 Å². The fraction of sp³-hybridized carbons (Fsp3) is 0.533. The minimum absolute atomic E-state index is 0.0192. The number of phenols is 1. The van der Waals surface area contributed by atoms with E-state index < -0.39 is 0 Å². The summed E-state index contributed by atoms with van der Waals surface area (Å²) in [5, 5.41) is 19.9. The second-order valence-electron chi connectivity index (χ2n) is 5.89. The standard InChI is InChI=1S/C15H18Cl2N2O3/c16-11-1-2-12(21)14(15(11)17)9-5-10-7-18(3-4-20)8-13(22)19(10)6-9/h1-2,9-10,20-21H,3-8H2. The van der Waals surface area contributed by atoms with Gasteiger partial charge in [-0.2, -0.15) is 0 Å². The van der Waals surface area contributed by atoms with Crippen molar-refractivity contribution in [3.05, 3.63) is 27.7 Å². The highest BCUT2D eigenvalue weighted by atomic mass is 35.5. The van der Waals surface area contributed by atoms with Crippen LogP contribution in [-0.4, -0.2) is 64.7 Å². The van der Waals surface area contributed by atoms with Gasteiger partial charge in [0.15, 0.2) is 0 Å². The van der Waals surface area contributed by atoms with Crippen LogP contribution in [0.3, 0.4) is 0 Å². The smallest absolute Gasteiger partial charge is 0.237 e. The van der Waals surface area contributed by atoms with Gasteiger partial charge in [-0.05, 0) is 18.6 Å². The molecule has 0 bridgehead atoms. The number of aliphatic hydroxyl groups excluding tert-OH is 1. The molecule has 1 amide bonds. The van der Waals surface area contributed by atoms with E-state index in [1.165, 1.54) is 0 Å². The summed E-state index contributed by atoms with van der Waals surface area (Å²) in [6.45, 7) is 2.17. The molecule has 1 aromatic rings. The highest BCUT2D eigenvalue weighted by molar-refractivity contribution is 6.42. The number of rotatable bonds is 3. The number of carbonyl (C=O) groups is 1. The third-order valence-corrected chi connectivity index (χ3v) is 5.32. The number of phenolic OH excluding ortho intramolecular Hbond substituents is 1. The molecule has 120 valence electrons. The molecule has 7 heteroatoms. The van der Waals surface area contributed by atoms with Crippen molar-refractivity contribution in [2.45, 2.75) is 18.4 Å². The van der Waals surface area contributed by atoms with Gasteiger partial charge >= 0.3 is 0 Å². The zero-order valence-electron chi connectivity index (χ0n) is 12.0. The molecule has 0 aliphatic carbocycles. The van der Waals surface area contributed by atoms with Gasteiger partial charge in [0, 0.05) is 37.2 Å². The van der Waals surface area contributed by atoms with E-state index in [4.69, 9.17) is 28.3 Å². The van der Waals surface area contributed by atoms with Crippen LogP contribution in [0.1, 0.15) is 17.9 Å². The summed E-state index contributed by atoms with van der Waals surface area (Å²) >= 11 is 12.3. The zero-order chi connectivity index (χ0) is 15.9. The summed E-state index contributed by atoms with van der Waals surface area (Å²) in [7, 11) is 0. The van der Waals surface area contributed by atoms with Gasteiger partial charge in [-0.1, -0.05) is 23.2 Å². The van der Waals surface area contributed by atoms with Crippen LogP contribution in [0.4, 0.5) is 0 Å². The van der Waals surface area contributed by atoms with Crippen LogP contribution < -0.4 is 0 Å². The molecular weight excluding hydrogens is 327 g/mol. The van der Waals surface area contributed by atoms with Crippen LogP contribution in [0.25, 0.3) is 0 Å². The third-order valence-electron chi connectivity index (χ3n) is 4.50. The molecule has 1 aromatic carbocycles. The Morgan fingerprint density at radius 2 is 2.05 bits per heavy atom. The second-order valence-corrected chi connectivity index (χ2v) is 6.67. The Labute approximate surface area is 139 Å². The maximum Gasteiger partial charge on any atom is 0.237 e. The molecule has 2 aliphatic heterocycles. The van der Waals surface area contributed by atoms with E-state index in [0.717, 1.165) is 13.0 Å². The molecule has 5 nitrogen and oxygen atoms in total. The van der Waals surface area contributed by atoms with Crippen LogP contribution in [0.5, 0.6) is 5.75 Å². The second kappa shape index (κ2) is 6.24. The van der Waals surface area contributed by atoms with Crippen LogP contribution in [0.2, 0.25) is 10.0 Å². The molecule has 0 saturated carbocycles. The lowest BCUT2D eigenvalue weighted by Crippen LogP contribution is -2.54. The van der Waals surface area contributed by atoms with Crippen LogP contribution in [0, 0.1) is 0 Å². The Bertz CT molecular complexity index is 596. The minimum atomic E-state index is -0.0192. The SMILES string of the molecule is O=C1CN(CCO)CC2CC(c3c(O)ccc(Cl)c3Cl)CN12. The number of aromatic hydroxyl groups is 1. The van der Waals surface area contributed by atoms with E-state index >= 15 is 0 Å². The van der Waals surface area contributed by atoms with E-state index in [0.29, 0.717) is 35.2 Å². The molecule has 2 N–H and O–H groups in total. The number of amides is 1. The summed E-state index contributed by atoms with van der Waals surface area (Å²) in [6.07, 6.45) is 0.737. The van der Waals surface area contributed by atoms with E-state index in [1.807, 2.05) is 9.80 Å². The molecule has 22 heavy (non-hydrogen) atoms. The molecule has 2 unspecified atom stereocenters. The third kappa shape index (κ3) is 2.78. The number of fused-ring (bicyclic) bond motifs is 1. The normalized spacial score (nSPS) is 25.6. The number of hydrogen-bond donors (Lipinski definition) is 2. The molecule has 2 heterocycles. The average molecular weight is 345 g/mol. The van der Waals surface area contributed by atoms with Gasteiger partial charge < -0.3 is 15.1 Å². The Morgan fingerprint density at radius 1 is 1.27 bits per heavy atom. The lowest BCUT2D eigenvalue weighted by atomic mass is 9.95. The number of β-amino-alcohol motifs (C(OH)–C–C–N with tert-alkyl or cyclic N) is 1. The number of aliphatic hydroxyl groups is 1. The van der Waals surface area contributed by atoms with Gasteiger partial charge in [0.05, 0.1) is 23.2 Å². The molecule has 2 atom stereocenters. The molecule has 2 aliphatic rings. The van der Waals surface area contributed by atoms with Gasteiger partial charge in [-0.25, -0.2) is 0 Å². The topological polar surface area (TPSA) is 64.0 Å². The van der Waals surface area contributed by atoms with E-state index in [-0.39, 0.29) is 30.2 Å². The fourth-order valence-corrected chi connectivity index (χ4v) is 3.98. The first-order valence-electron chi connectivity index (χ1n) is 7.30. The lowest BCUT2D eigenvalue weighted by Gasteiger charge is -2.36. The quantitative estimate of drug-likeness (QED) is 0.875. The Morgan fingerprint density at radius 3 is 2.77 bits per heavy atom. The zero-order valence-corrected chi connectivity index (χ0v) is 13.5. The van der Waals surface area contributed by atoms with Gasteiger partial charge in [-0.3, -0.25) is 9.69 Å². The Hall–Kier alpha value is -1.01. The van der Waals surface area contributed by atoms with Crippen molar-refractivity contribution >= 4 is 29.1 Å². The summed E-state index contributed by atoms with van der Waals surface area (Å²) in [4.78, 5) is 16.1. The van der Waals surface area contributed by atoms with Gasteiger partial charge in [-0.15, -0.1) is 0 Å². The van der Waals surface area contributed by atoms with E-state index in [9.17, 15) is 9.90 Å². The van der Waals surface area contributed by atoms with Crippen LogP contribution >= 0.6 is 23.2 Å². The molecule has 3 rings (SSSR count). The van der Waals surface area contributed by atoms with Crippen molar-refractivity contribution < 1.29 is 15.0 Å². The molecule has 0 radical (unpaired) electrons. The monoisotopic (exact) mass is 344 g/mol. The number of piperazine rings is 1. The number of benzene rings is 1. The van der Waals surface area contributed by atoms with Gasteiger partial charge in [0.25, 0.3) is 0 Å². The van der Waals surface area contributed by atoms with Crippen LogP contribution in [0.15, 0.2) is 12.1 Å². The number of hydrogen-bond acceptors (Lipinski definition) is 4. The summed E-state index contributed by atoms with van der Waals surface area (Å²) in [5.41, 5.74) is 0.630. The Kier molecular flexibility index (Phi) is 4.50. The van der Waals surface area contributed by atoms with Crippen molar-refractivity contribution in [3.8, 4) is 5.75 Å².